The van der Waals surface area contributed by atoms with Gasteiger partial charge in [0.05, 0.1) is 0 Å². The predicted octanol–water partition coefficient (Wildman–Crippen LogP) is 2.97. The number of hydrogen-bond acceptors (Lipinski definition) is 2. The smallest absolute Gasteiger partial charge is 0.258 e. The second-order valence-electron chi connectivity index (χ2n) is 4.57. The van der Waals surface area contributed by atoms with E-state index in [2.05, 4.69) is 5.32 Å². The maximum absolute atomic E-state index is 13.0. The third-order valence-corrected chi connectivity index (χ3v) is 3.00. The lowest BCUT2D eigenvalue weighted by molar-refractivity contribution is -0.123. The number of rotatable bonds is 5. The molecule has 0 aliphatic heterocycles. The summed E-state index contributed by atoms with van der Waals surface area (Å²) in [7, 11) is 0. The first-order chi connectivity index (χ1) is 10.1. The fourth-order valence-electron chi connectivity index (χ4n) is 1.77. The molecule has 0 radical (unpaired) electrons. The minimum Gasteiger partial charge on any atom is -0.484 e. The molecule has 110 valence electrons. The first kappa shape index (κ1) is 15.0. The molecule has 2 rings (SSSR count). The molecule has 0 saturated heterocycles. The van der Waals surface area contributed by atoms with Crippen LogP contribution in [0.5, 0.6) is 5.75 Å². The predicted molar refractivity (Wildman–Crippen MR) is 74.9 cm³/mol. The zero-order valence-corrected chi connectivity index (χ0v) is 11.5. The molecule has 5 heteroatoms. The molecule has 0 unspecified atom stereocenters. The van der Waals surface area contributed by atoms with Crippen molar-refractivity contribution < 1.29 is 18.3 Å². The van der Waals surface area contributed by atoms with Crippen LogP contribution in [0.3, 0.4) is 0 Å². The van der Waals surface area contributed by atoms with Crippen molar-refractivity contribution in [2.45, 2.75) is 13.5 Å². The van der Waals surface area contributed by atoms with Gasteiger partial charge in [0, 0.05) is 12.6 Å². The molecule has 1 amide bonds. The van der Waals surface area contributed by atoms with Crippen LogP contribution in [0, 0.1) is 18.6 Å². The van der Waals surface area contributed by atoms with E-state index in [1.807, 2.05) is 31.2 Å². The maximum Gasteiger partial charge on any atom is 0.258 e. The van der Waals surface area contributed by atoms with Crippen LogP contribution >= 0.6 is 0 Å². The Hall–Kier alpha value is -2.43. The number of carbonyl (C=O) groups excluding carboxylic acids is 1. The Labute approximate surface area is 121 Å². The molecule has 0 bridgehead atoms. The molecule has 2 aromatic carbocycles. The third kappa shape index (κ3) is 4.27. The summed E-state index contributed by atoms with van der Waals surface area (Å²) in [4.78, 5) is 11.6. The van der Waals surface area contributed by atoms with Gasteiger partial charge in [-0.1, -0.05) is 24.3 Å². The monoisotopic (exact) mass is 291 g/mol. The highest BCUT2D eigenvalue weighted by molar-refractivity contribution is 5.77. The van der Waals surface area contributed by atoms with Gasteiger partial charge in [-0.05, 0) is 30.2 Å². The molecule has 3 nitrogen and oxygen atoms in total. The number of hydrogen-bond donors (Lipinski definition) is 1. The Morgan fingerprint density at radius 3 is 2.62 bits per heavy atom. The number of ether oxygens (including phenoxy) is 1. The molecule has 2 aromatic rings. The van der Waals surface area contributed by atoms with Gasteiger partial charge >= 0.3 is 0 Å². The fourth-order valence-corrected chi connectivity index (χ4v) is 1.77. The highest BCUT2D eigenvalue weighted by Crippen LogP contribution is 2.15. The highest BCUT2D eigenvalue weighted by Gasteiger charge is 2.06. The summed E-state index contributed by atoms with van der Waals surface area (Å²) in [6, 6.07) is 10.8. The molecule has 0 fully saturated rings. The number of aryl methyl sites for hydroxylation is 1. The average Bonchev–Trinajstić information content (AvgIpc) is 2.47. The van der Waals surface area contributed by atoms with Gasteiger partial charge in [-0.2, -0.15) is 0 Å². The Bertz CT molecular complexity index is 644. The van der Waals surface area contributed by atoms with E-state index in [-0.39, 0.29) is 18.3 Å². The molecule has 0 spiro atoms. The number of amides is 1. The standard InChI is InChI=1S/C16H15F2NO2/c1-11-4-2-3-5-12(11)9-19-16(20)10-21-13-6-7-14(17)15(18)8-13/h2-8H,9-10H2,1H3,(H,19,20). The molecule has 0 saturated carbocycles. The molecule has 0 heterocycles. The van der Waals surface area contributed by atoms with Crippen LogP contribution in [-0.2, 0) is 11.3 Å². The Morgan fingerprint density at radius 2 is 1.90 bits per heavy atom. The van der Waals surface area contributed by atoms with Crippen molar-refractivity contribution >= 4 is 5.91 Å². The van der Waals surface area contributed by atoms with Crippen molar-refractivity contribution in [3.63, 3.8) is 0 Å². The van der Waals surface area contributed by atoms with Crippen molar-refractivity contribution in [2.24, 2.45) is 0 Å². The van der Waals surface area contributed by atoms with Crippen LogP contribution in [0.1, 0.15) is 11.1 Å². The molecule has 21 heavy (non-hydrogen) atoms. The summed E-state index contributed by atoms with van der Waals surface area (Å²) >= 11 is 0. The maximum atomic E-state index is 13.0. The van der Waals surface area contributed by atoms with E-state index >= 15 is 0 Å². The summed E-state index contributed by atoms with van der Waals surface area (Å²) < 4.78 is 30.8. The van der Waals surface area contributed by atoms with Crippen molar-refractivity contribution in [3.05, 3.63) is 65.2 Å². The van der Waals surface area contributed by atoms with Gasteiger partial charge in [-0.3, -0.25) is 4.79 Å². The second-order valence-corrected chi connectivity index (χ2v) is 4.57. The van der Waals surface area contributed by atoms with E-state index in [0.29, 0.717) is 6.54 Å². The number of benzene rings is 2. The van der Waals surface area contributed by atoms with Gasteiger partial charge in [0.15, 0.2) is 18.2 Å². The molecule has 0 aromatic heterocycles. The lowest BCUT2D eigenvalue weighted by Crippen LogP contribution is -2.28. The quantitative estimate of drug-likeness (QED) is 0.919. The highest BCUT2D eigenvalue weighted by atomic mass is 19.2. The van der Waals surface area contributed by atoms with E-state index in [1.165, 1.54) is 6.07 Å². The lowest BCUT2D eigenvalue weighted by atomic mass is 10.1. The minimum absolute atomic E-state index is 0.111. The van der Waals surface area contributed by atoms with Gasteiger partial charge in [-0.15, -0.1) is 0 Å². The topological polar surface area (TPSA) is 38.3 Å². The molecule has 0 aliphatic rings. The number of halogens is 2. The van der Waals surface area contributed by atoms with Crippen molar-refractivity contribution in [1.29, 1.82) is 0 Å². The van der Waals surface area contributed by atoms with Gasteiger partial charge in [0.25, 0.3) is 5.91 Å². The van der Waals surface area contributed by atoms with E-state index in [0.717, 1.165) is 23.3 Å². The molecule has 1 N–H and O–H groups in total. The van der Waals surface area contributed by atoms with Gasteiger partial charge in [0.1, 0.15) is 5.75 Å². The van der Waals surface area contributed by atoms with Crippen LogP contribution in [0.2, 0.25) is 0 Å². The Balaban J connectivity index is 1.82. The van der Waals surface area contributed by atoms with Crippen LogP contribution in [0.15, 0.2) is 42.5 Å². The summed E-state index contributed by atoms with van der Waals surface area (Å²) in [5.74, 6) is -2.18. The zero-order valence-electron chi connectivity index (χ0n) is 11.5. The van der Waals surface area contributed by atoms with Crippen molar-refractivity contribution in [3.8, 4) is 5.75 Å². The molecule has 0 aliphatic carbocycles. The van der Waals surface area contributed by atoms with Gasteiger partial charge in [-0.25, -0.2) is 8.78 Å². The second kappa shape index (κ2) is 6.83. The van der Waals surface area contributed by atoms with Gasteiger partial charge < -0.3 is 10.1 Å². The first-order valence-corrected chi connectivity index (χ1v) is 6.45. The minimum atomic E-state index is -1.01. The Kier molecular flexibility index (Phi) is 4.87. The summed E-state index contributed by atoms with van der Waals surface area (Å²) in [5.41, 5.74) is 2.10. The SMILES string of the molecule is Cc1ccccc1CNC(=O)COc1ccc(F)c(F)c1. The summed E-state index contributed by atoms with van der Waals surface area (Å²) in [6.07, 6.45) is 0. The Morgan fingerprint density at radius 1 is 1.14 bits per heavy atom. The molecule has 0 atom stereocenters. The van der Waals surface area contributed by atoms with E-state index in [9.17, 15) is 13.6 Å². The third-order valence-electron chi connectivity index (χ3n) is 3.00. The van der Waals surface area contributed by atoms with E-state index in [1.54, 1.807) is 0 Å². The number of carbonyl (C=O) groups is 1. The van der Waals surface area contributed by atoms with Gasteiger partial charge in [0.2, 0.25) is 0 Å². The summed E-state index contributed by atoms with van der Waals surface area (Å²) in [6.45, 7) is 2.10. The summed E-state index contributed by atoms with van der Waals surface area (Å²) in [5, 5.41) is 2.70. The largest absolute Gasteiger partial charge is 0.484 e. The van der Waals surface area contributed by atoms with E-state index in [4.69, 9.17) is 4.74 Å². The molecular formula is C16H15F2NO2. The van der Waals surface area contributed by atoms with Crippen LogP contribution in [0.25, 0.3) is 0 Å². The van der Waals surface area contributed by atoms with Crippen molar-refractivity contribution in [2.75, 3.05) is 6.61 Å². The average molecular weight is 291 g/mol. The fraction of sp³-hybridized carbons (Fsp3) is 0.188. The van der Waals surface area contributed by atoms with E-state index < -0.39 is 11.6 Å². The first-order valence-electron chi connectivity index (χ1n) is 6.45. The number of nitrogens with one attached hydrogen (secondary N) is 1. The van der Waals surface area contributed by atoms with Crippen LogP contribution < -0.4 is 10.1 Å². The zero-order chi connectivity index (χ0) is 15.2. The molecular weight excluding hydrogens is 276 g/mol. The van der Waals surface area contributed by atoms with Crippen LogP contribution in [0.4, 0.5) is 8.78 Å². The van der Waals surface area contributed by atoms with Crippen LogP contribution in [-0.4, -0.2) is 12.5 Å². The normalized spacial score (nSPS) is 10.2. The lowest BCUT2D eigenvalue weighted by Gasteiger charge is -2.09. The van der Waals surface area contributed by atoms with Crippen molar-refractivity contribution in [1.82, 2.24) is 5.32 Å².